The van der Waals surface area contributed by atoms with Crippen LogP contribution in [0.15, 0.2) is 22.7 Å². The summed E-state index contributed by atoms with van der Waals surface area (Å²) < 4.78 is 7.22. The Kier molecular flexibility index (Phi) is 6.09. The van der Waals surface area contributed by atoms with E-state index < -0.39 is 5.97 Å². The van der Waals surface area contributed by atoms with E-state index in [1.807, 2.05) is 18.2 Å². The minimum Gasteiger partial charge on any atom is -0.490 e. The number of carboxylic acid groups (broad SMARTS) is 1. The summed E-state index contributed by atoms with van der Waals surface area (Å²) in [7, 11) is 0. The van der Waals surface area contributed by atoms with E-state index in [1.54, 1.807) is 0 Å². The molecule has 1 aliphatic rings. The standard InChI is InChI=1S/C17H23BrO3/c1-12-15(18)5-3-6-16(12)21-14-10-8-13(9-11-14)4-2-7-17(19)20/h3,5-6,13-14H,2,4,7-11H2,1H3,(H,19,20). The molecule has 0 unspecified atom stereocenters. The largest absolute Gasteiger partial charge is 0.490 e. The number of ether oxygens (including phenoxy) is 1. The predicted octanol–water partition coefficient (Wildman–Crippen LogP) is 4.95. The highest BCUT2D eigenvalue weighted by molar-refractivity contribution is 9.10. The maximum atomic E-state index is 10.5. The molecular formula is C17H23BrO3. The van der Waals surface area contributed by atoms with E-state index in [9.17, 15) is 4.79 Å². The minimum absolute atomic E-state index is 0.299. The van der Waals surface area contributed by atoms with E-state index in [0.717, 1.165) is 54.3 Å². The molecule has 116 valence electrons. The van der Waals surface area contributed by atoms with Crippen LogP contribution in [0.3, 0.4) is 0 Å². The van der Waals surface area contributed by atoms with Crippen molar-refractivity contribution in [3.63, 3.8) is 0 Å². The van der Waals surface area contributed by atoms with E-state index in [2.05, 4.69) is 22.9 Å². The lowest BCUT2D eigenvalue weighted by Gasteiger charge is -2.29. The number of carboxylic acids is 1. The number of carbonyl (C=O) groups is 1. The molecule has 0 saturated heterocycles. The molecule has 1 aliphatic carbocycles. The first-order valence-corrected chi connectivity index (χ1v) is 8.49. The van der Waals surface area contributed by atoms with Gasteiger partial charge in [0.2, 0.25) is 0 Å². The predicted molar refractivity (Wildman–Crippen MR) is 86.7 cm³/mol. The van der Waals surface area contributed by atoms with Crippen LogP contribution in [0.25, 0.3) is 0 Å². The average molecular weight is 355 g/mol. The van der Waals surface area contributed by atoms with Crippen molar-refractivity contribution in [2.45, 2.75) is 58.0 Å². The first-order valence-electron chi connectivity index (χ1n) is 7.70. The molecule has 1 aromatic rings. The second kappa shape index (κ2) is 7.83. The van der Waals surface area contributed by atoms with E-state index in [4.69, 9.17) is 9.84 Å². The Morgan fingerprint density at radius 1 is 1.33 bits per heavy atom. The SMILES string of the molecule is Cc1c(Br)cccc1OC1CCC(CCCC(=O)O)CC1. The molecule has 1 fully saturated rings. The lowest BCUT2D eigenvalue weighted by molar-refractivity contribution is -0.137. The van der Waals surface area contributed by atoms with Gasteiger partial charge in [-0.1, -0.05) is 22.0 Å². The number of hydrogen-bond acceptors (Lipinski definition) is 2. The van der Waals surface area contributed by atoms with Gasteiger partial charge < -0.3 is 9.84 Å². The summed E-state index contributed by atoms with van der Waals surface area (Å²) in [5, 5.41) is 8.67. The van der Waals surface area contributed by atoms with Crippen molar-refractivity contribution in [2.75, 3.05) is 0 Å². The summed E-state index contributed by atoms with van der Waals surface area (Å²) in [6.45, 7) is 2.07. The van der Waals surface area contributed by atoms with Crippen LogP contribution in [0.1, 0.15) is 50.5 Å². The van der Waals surface area contributed by atoms with Crippen molar-refractivity contribution < 1.29 is 14.6 Å². The van der Waals surface area contributed by atoms with Gasteiger partial charge in [0.25, 0.3) is 0 Å². The monoisotopic (exact) mass is 354 g/mol. The van der Waals surface area contributed by atoms with E-state index in [-0.39, 0.29) is 0 Å². The molecule has 0 spiro atoms. The number of benzene rings is 1. The summed E-state index contributed by atoms with van der Waals surface area (Å²) in [5.41, 5.74) is 1.15. The van der Waals surface area contributed by atoms with Gasteiger partial charge >= 0.3 is 5.97 Å². The third-order valence-electron chi connectivity index (χ3n) is 4.31. The molecule has 21 heavy (non-hydrogen) atoms. The van der Waals surface area contributed by atoms with Crippen LogP contribution in [0.5, 0.6) is 5.75 Å². The molecule has 0 bridgehead atoms. The van der Waals surface area contributed by atoms with Crippen LogP contribution >= 0.6 is 15.9 Å². The van der Waals surface area contributed by atoms with Crippen molar-refractivity contribution in [2.24, 2.45) is 5.92 Å². The van der Waals surface area contributed by atoms with Gasteiger partial charge in [0, 0.05) is 16.5 Å². The molecule has 0 aliphatic heterocycles. The second-order valence-corrected chi connectivity index (χ2v) is 6.76. The van der Waals surface area contributed by atoms with Gasteiger partial charge in [-0.15, -0.1) is 0 Å². The molecule has 2 rings (SSSR count). The highest BCUT2D eigenvalue weighted by atomic mass is 79.9. The number of halogens is 1. The van der Waals surface area contributed by atoms with Crippen molar-refractivity contribution >= 4 is 21.9 Å². The Labute approximate surface area is 134 Å². The Morgan fingerprint density at radius 2 is 2.05 bits per heavy atom. The van der Waals surface area contributed by atoms with Crippen LogP contribution in [-0.4, -0.2) is 17.2 Å². The zero-order valence-electron chi connectivity index (χ0n) is 12.5. The highest BCUT2D eigenvalue weighted by Crippen LogP contribution is 2.33. The van der Waals surface area contributed by atoms with Crippen molar-refractivity contribution in [1.82, 2.24) is 0 Å². The molecule has 0 atom stereocenters. The first kappa shape index (κ1) is 16.3. The Balaban J connectivity index is 1.76. The van der Waals surface area contributed by atoms with Crippen molar-refractivity contribution in [1.29, 1.82) is 0 Å². The normalized spacial score (nSPS) is 22.0. The maximum Gasteiger partial charge on any atom is 0.303 e. The molecule has 1 N–H and O–H groups in total. The highest BCUT2D eigenvalue weighted by Gasteiger charge is 2.22. The van der Waals surface area contributed by atoms with Crippen LogP contribution in [0.2, 0.25) is 0 Å². The van der Waals surface area contributed by atoms with Gasteiger partial charge in [0.15, 0.2) is 0 Å². The van der Waals surface area contributed by atoms with Gasteiger partial charge in [-0.2, -0.15) is 0 Å². The zero-order valence-corrected chi connectivity index (χ0v) is 14.1. The topological polar surface area (TPSA) is 46.5 Å². The zero-order chi connectivity index (χ0) is 15.2. The first-order chi connectivity index (χ1) is 10.1. The molecule has 1 saturated carbocycles. The van der Waals surface area contributed by atoms with Crippen LogP contribution in [-0.2, 0) is 4.79 Å². The fourth-order valence-electron chi connectivity index (χ4n) is 2.98. The molecule has 3 nitrogen and oxygen atoms in total. The Hall–Kier alpha value is -1.03. The van der Waals surface area contributed by atoms with E-state index >= 15 is 0 Å². The Bertz CT molecular complexity index is 479. The lowest BCUT2D eigenvalue weighted by atomic mass is 9.84. The van der Waals surface area contributed by atoms with E-state index in [0.29, 0.717) is 18.4 Å². The smallest absolute Gasteiger partial charge is 0.303 e. The van der Waals surface area contributed by atoms with Crippen LogP contribution < -0.4 is 4.74 Å². The Morgan fingerprint density at radius 3 is 2.71 bits per heavy atom. The maximum absolute atomic E-state index is 10.5. The van der Waals surface area contributed by atoms with Gasteiger partial charge in [-0.25, -0.2) is 0 Å². The van der Waals surface area contributed by atoms with Gasteiger partial charge in [0.05, 0.1) is 6.10 Å². The van der Waals surface area contributed by atoms with Crippen molar-refractivity contribution in [3.05, 3.63) is 28.2 Å². The molecule has 0 aromatic heterocycles. The summed E-state index contributed by atoms with van der Waals surface area (Å²) >= 11 is 3.53. The molecule has 4 heteroatoms. The molecule has 0 heterocycles. The van der Waals surface area contributed by atoms with E-state index in [1.165, 1.54) is 0 Å². The molecule has 1 aromatic carbocycles. The molecular weight excluding hydrogens is 332 g/mol. The van der Waals surface area contributed by atoms with Crippen molar-refractivity contribution in [3.8, 4) is 5.75 Å². The fraction of sp³-hybridized carbons (Fsp3) is 0.588. The van der Waals surface area contributed by atoms with Gasteiger partial charge in [-0.3, -0.25) is 4.79 Å². The average Bonchev–Trinajstić information content (AvgIpc) is 2.45. The minimum atomic E-state index is -0.683. The fourth-order valence-corrected chi connectivity index (χ4v) is 3.32. The molecule has 0 amide bonds. The van der Waals surface area contributed by atoms with Crippen LogP contribution in [0, 0.1) is 12.8 Å². The summed E-state index contributed by atoms with van der Waals surface area (Å²) in [6.07, 6.45) is 6.88. The lowest BCUT2D eigenvalue weighted by Crippen LogP contribution is -2.24. The number of rotatable bonds is 6. The summed E-state index contributed by atoms with van der Waals surface area (Å²) in [5.74, 6) is 0.962. The quantitative estimate of drug-likeness (QED) is 0.785. The van der Waals surface area contributed by atoms with Gasteiger partial charge in [0.1, 0.15) is 5.75 Å². The molecule has 0 radical (unpaired) electrons. The summed E-state index contributed by atoms with van der Waals surface area (Å²) in [4.78, 5) is 10.5. The number of hydrogen-bond donors (Lipinski definition) is 1. The van der Waals surface area contributed by atoms with Gasteiger partial charge in [-0.05, 0) is 63.5 Å². The third kappa shape index (κ3) is 5.03. The second-order valence-electron chi connectivity index (χ2n) is 5.91. The third-order valence-corrected chi connectivity index (χ3v) is 5.17. The van der Waals surface area contributed by atoms with Crippen LogP contribution in [0.4, 0.5) is 0 Å². The summed E-state index contributed by atoms with van der Waals surface area (Å²) in [6, 6.07) is 6.06. The number of aliphatic carboxylic acids is 1.